The van der Waals surface area contributed by atoms with Gasteiger partial charge in [0.25, 0.3) is 0 Å². The summed E-state index contributed by atoms with van der Waals surface area (Å²) >= 11 is 3.56. The molecule has 5 fully saturated rings. The van der Waals surface area contributed by atoms with E-state index in [9.17, 15) is 4.79 Å². The zero-order chi connectivity index (χ0) is 25.8. The van der Waals surface area contributed by atoms with Crippen LogP contribution in [-0.2, 0) is 14.3 Å². The first-order chi connectivity index (χ1) is 17.8. The lowest BCUT2D eigenvalue weighted by Crippen LogP contribution is -2.56. The van der Waals surface area contributed by atoms with Crippen LogP contribution in [0.4, 0.5) is 0 Å². The first-order valence-corrected chi connectivity index (χ1v) is 15.5. The van der Waals surface area contributed by atoms with Gasteiger partial charge in [-0.05, 0) is 104 Å². The van der Waals surface area contributed by atoms with E-state index >= 15 is 0 Å². The fourth-order valence-electron chi connectivity index (χ4n) is 9.64. The van der Waals surface area contributed by atoms with Gasteiger partial charge in [-0.2, -0.15) is 0 Å². The Labute approximate surface area is 231 Å². The molecule has 202 valence electrons. The Kier molecular flexibility index (Phi) is 7.12. The predicted molar refractivity (Wildman–Crippen MR) is 151 cm³/mol. The quantitative estimate of drug-likeness (QED) is 0.363. The molecule has 5 heteroatoms. The van der Waals surface area contributed by atoms with Gasteiger partial charge < -0.3 is 9.47 Å². The third-order valence-electron chi connectivity index (χ3n) is 11.5. The topological polar surface area (TPSA) is 38.8 Å². The van der Waals surface area contributed by atoms with Gasteiger partial charge in [0.15, 0.2) is 0 Å². The first kappa shape index (κ1) is 26.1. The smallest absolute Gasteiger partial charge is 0.303 e. The van der Waals surface area contributed by atoms with E-state index in [1.54, 1.807) is 6.92 Å². The SMILES string of the molecule is CC(=O)O[C@H]1/C(=C/c2ccc(Br)cc2)C[C@H]2[C@@H]3CC[C@H]4C[C@@H](N5CCOCC5)CC[C@]4(C)[C@H]3CC[C@]12C. The lowest BCUT2D eigenvalue weighted by molar-refractivity contribution is -0.160. The predicted octanol–water partition coefficient (Wildman–Crippen LogP) is 7.12. The molecule has 0 N–H and O–H groups in total. The highest BCUT2D eigenvalue weighted by molar-refractivity contribution is 9.10. The van der Waals surface area contributed by atoms with E-state index in [-0.39, 0.29) is 17.5 Å². The second-order valence-electron chi connectivity index (χ2n) is 13.2. The molecule has 0 aromatic heterocycles. The molecule has 0 unspecified atom stereocenters. The molecule has 1 aromatic rings. The van der Waals surface area contributed by atoms with Gasteiger partial charge in [-0.25, -0.2) is 0 Å². The normalized spacial score (nSPS) is 43.1. The molecular formula is C32H44BrNO3. The number of fused-ring (bicyclic) bond motifs is 5. The molecule has 4 nitrogen and oxygen atoms in total. The van der Waals surface area contributed by atoms with Crippen LogP contribution in [0, 0.1) is 34.5 Å². The monoisotopic (exact) mass is 569 g/mol. The molecule has 0 amide bonds. The van der Waals surface area contributed by atoms with Crippen molar-refractivity contribution in [2.75, 3.05) is 26.3 Å². The molecule has 1 heterocycles. The molecule has 0 spiro atoms. The Morgan fingerprint density at radius 1 is 1.03 bits per heavy atom. The molecular weight excluding hydrogens is 526 g/mol. The second-order valence-corrected chi connectivity index (χ2v) is 14.2. The minimum atomic E-state index is -0.146. The molecule has 37 heavy (non-hydrogen) atoms. The molecule has 4 aliphatic carbocycles. The molecule has 1 saturated heterocycles. The number of esters is 1. The summed E-state index contributed by atoms with van der Waals surface area (Å²) in [6.07, 6.45) is 12.6. The van der Waals surface area contributed by atoms with Gasteiger partial charge >= 0.3 is 5.97 Å². The minimum Gasteiger partial charge on any atom is -0.457 e. The standard InChI is InChI=1S/C32H44BrNO3/c1-21(35)37-30-23(18-22-4-7-25(33)8-5-22)19-29-27-9-6-24-20-26(34-14-16-36-17-15-34)10-12-31(24,2)28(27)11-13-32(29,30)3/h4-5,7-8,18,24,26-30H,6,9-17,19-20H2,1-3H3/b23-18+/t24-,26-,27+,28-,29-,30-,31-,32-/m0/s1. The molecule has 0 radical (unpaired) electrons. The molecule has 1 aromatic carbocycles. The fraction of sp³-hybridized carbons (Fsp3) is 0.719. The summed E-state index contributed by atoms with van der Waals surface area (Å²) < 4.78 is 12.9. The van der Waals surface area contributed by atoms with Crippen molar-refractivity contribution in [1.29, 1.82) is 0 Å². The van der Waals surface area contributed by atoms with E-state index in [4.69, 9.17) is 9.47 Å². The van der Waals surface area contributed by atoms with Gasteiger partial charge in [0.05, 0.1) is 13.2 Å². The van der Waals surface area contributed by atoms with Crippen molar-refractivity contribution >= 4 is 28.0 Å². The van der Waals surface area contributed by atoms with E-state index < -0.39 is 0 Å². The highest BCUT2D eigenvalue weighted by Crippen LogP contribution is 2.67. The minimum absolute atomic E-state index is 0.0439. The average Bonchev–Trinajstić information content (AvgIpc) is 3.16. The lowest BCUT2D eigenvalue weighted by atomic mass is 9.45. The van der Waals surface area contributed by atoms with E-state index in [1.165, 1.54) is 56.1 Å². The van der Waals surface area contributed by atoms with Crippen LogP contribution < -0.4 is 0 Å². The second kappa shape index (κ2) is 10.1. The number of hydrogen-bond donors (Lipinski definition) is 0. The average molecular weight is 571 g/mol. The number of hydrogen-bond acceptors (Lipinski definition) is 4. The number of morpholine rings is 1. The van der Waals surface area contributed by atoms with E-state index in [0.29, 0.717) is 11.3 Å². The Balaban J connectivity index is 1.25. The van der Waals surface area contributed by atoms with Crippen LogP contribution in [0.1, 0.15) is 77.7 Å². The summed E-state index contributed by atoms with van der Waals surface area (Å²) in [5.41, 5.74) is 3.03. The largest absolute Gasteiger partial charge is 0.457 e. The van der Waals surface area contributed by atoms with Crippen molar-refractivity contribution in [2.24, 2.45) is 34.5 Å². The molecule has 8 atom stereocenters. The van der Waals surface area contributed by atoms with Crippen molar-refractivity contribution in [3.05, 3.63) is 39.9 Å². The van der Waals surface area contributed by atoms with Crippen LogP contribution in [-0.4, -0.2) is 49.3 Å². The van der Waals surface area contributed by atoms with E-state index in [0.717, 1.165) is 61.0 Å². The van der Waals surface area contributed by atoms with Crippen LogP contribution in [0.25, 0.3) is 6.08 Å². The van der Waals surface area contributed by atoms with Crippen molar-refractivity contribution in [1.82, 2.24) is 4.90 Å². The number of carbonyl (C=O) groups is 1. The van der Waals surface area contributed by atoms with Crippen LogP contribution in [0.3, 0.4) is 0 Å². The highest BCUT2D eigenvalue weighted by atomic mass is 79.9. The van der Waals surface area contributed by atoms with Crippen LogP contribution in [0.5, 0.6) is 0 Å². The molecule has 1 aliphatic heterocycles. The Hall–Kier alpha value is -1.17. The lowest BCUT2D eigenvalue weighted by Gasteiger charge is -2.61. The number of ether oxygens (including phenoxy) is 2. The van der Waals surface area contributed by atoms with Crippen molar-refractivity contribution in [2.45, 2.75) is 84.3 Å². The number of benzene rings is 1. The number of rotatable bonds is 3. The maximum atomic E-state index is 12.3. The van der Waals surface area contributed by atoms with Crippen molar-refractivity contribution < 1.29 is 14.3 Å². The summed E-state index contributed by atoms with van der Waals surface area (Å²) in [6.45, 7) is 10.7. The number of carbonyl (C=O) groups excluding carboxylic acids is 1. The Morgan fingerprint density at radius 3 is 2.49 bits per heavy atom. The summed E-state index contributed by atoms with van der Waals surface area (Å²) in [5.74, 6) is 2.86. The van der Waals surface area contributed by atoms with E-state index in [1.807, 2.05) is 0 Å². The van der Waals surface area contributed by atoms with Gasteiger partial charge in [-0.15, -0.1) is 0 Å². The van der Waals surface area contributed by atoms with Crippen LogP contribution in [0.15, 0.2) is 34.3 Å². The number of nitrogens with zero attached hydrogens (tertiary/aromatic N) is 1. The van der Waals surface area contributed by atoms with Crippen LogP contribution >= 0.6 is 15.9 Å². The van der Waals surface area contributed by atoms with Gasteiger partial charge in [0.1, 0.15) is 6.10 Å². The zero-order valence-corrected chi connectivity index (χ0v) is 24.5. The van der Waals surface area contributed by atoms with Gasteiger partial charge in [-0.1, -0.05) is 48.0 Å². The summed E-state index contributed by atoms with van der Waals surface area (Å²) in [5, 5.41) is 0. The van der Waals surface area contributed by atoms with Gasteiger partial charge in [0, 0.05) is 35.9 Å². The summed E-state index contributed by atoms with van der Waals surface area (Å²) in [6, 6.07) is 9.28. The van der Waals surface area contributed by atoms with Gasteiger partial charge in [0.2, 0.25) is 0 Å². The maximum Gasteiger partial charge on any atom is 0.303 e. The molecule has 6 rings (SSSR count). The fourth-order valence-corrected chi connectivity index (χ4v) is 9.90. The third-order valence-corrected chi connectivity index (χ3v) is 12.1. The highest BCUT2D eigenvalue weighted by Gasteiger charge is 2.62. The molecule has 0 bridgehead atoms. The Morgan fingerprint density at radius 2 is 1.76 bits per heavy atom. The van der Waals surface area contributed by atoms with Crippen LogP contribution in [0.2, 0.25) is 0 Å². The third kappa shape index (κ3) is 4.65. The molecule has 4 saturated carbocycles. The van der Waals surface area contributed by atoms with E-state index in [2.05, 4.69) is 65.0 Å². The summed E-state index contributed by atoms with van der Waals surface area (Å²) in [7, 11) is 0. The summed E-state index contributed by atoms with van der Waals surface area (Å²) in [4.78, 5) is 15.0. The van der Waals surface area contributed by atoms with Gasteiger partial charge in [-0.3, -0.25) is 9.69 Å². The van der Waals surface area contributed by atoms with Crippen molar-refractivity contribution in [3.63, 3.8) is 0 Å². The maximum absolute atomic E-state index is 12.3. The Bertz CT molecular complexity index is 1030. The van der Waals surface area contributed by atoms with Crippen molar-refractivity contribution in [3.8, 4) is 0 Å². The number of halogens is 1. The molecule has 5 aliphatic rings. The zero-order valence-electron chi connectivity index (χ0n) is 22.9. The first-order valence-electron chi connectivity index (χ1n) is 14.7.